The van der Waals surface area contributed by atoms with Crippen molar-refractivity contribution >= 4 is 5.78 Å². The van der Waals surface area contributed by atoms with Crippen molar-refractivity contribution in [1.29, 1.82) is 0 Å². The second kappa shape index (κ2) is 5.87. The van der Waals surface area contributed by atoms with Gasteiger partial charge >= 0.3 is 0 Å². The van der Waals surface area contributed by atoms with Gasteiger partial charge in [0.05, 0.1) is 0 Å². The summed E-state index contributed by atoms with van der Waals surface area (Å²) in [5.41, 5.74) is 4.72. The molecule has 2 rings (SSSR count). The van der Waals surface area contributed by atoms with Crippen molar-refractivity contribution in [3.8, 4) is 0 Å². The number of carbonyl (C=O) groups is 1. The van der Waals surface area contributed by atoms with E-state index >= 15 is 0 Å². The molecule has 22 heavy (non-hydrogen) atoms. The van der Waals surface area contributed by atoms with Crippen LogP contribution in [0.1, 0.15) is 70.3 Å². The fourth-order valence-corrected chi connectivity index (χ4v) is 3.16. The van der Waals surface area contributed by atoms with Crippen molar-refractivity contribution in [3.63, 3.8) is 0 Å². The number of benzene rings is 1. The maximum Gasteiger partial charge on any atom is 0.167 e. The molecular weight excluding hydrogens is 268 g/mol. The SMILES string of the molecule is CC(C)(C)C1=C(CC(=O)c2ccccc2C(C)(C)C)CC=C1. The van der Waals surface area contributed by atoms with Crippen molar-refractivity contribution in [2.75, 3.05) is 0 Å². The highest BCUT2D eigenvalue weighted by Crippen LogP contribution is 2.37. The number of carbonyl (C=O) groups excluding carboxylic acids is 1. The largest absolute Gasteiger partial charge is 0.294 e. The van der Waals surface area contributed by atoms with E-state index in [1.54, 1.807) is 0 Å². The summed E-state index contributed by atoms with van der Waals surface area (Å²) in [5, 5.41) is 0. The highest BCUT2D eigenvalue weighted by atomic mass is 16.1. The van der Waals surface area contributed by atoms with Crippen LogP contribution in [0.5, 0.6) is 0 Å². The number of hydrogen-bond donors (Lipinski definition) is 0. The summed E-state index contributed by atoms with van der Waals surface area (Å²) in [6, 6.07) is 8.05. The third kappa shape index (κ3) is 3.58. The standard InChI is InChI=1S/C21H28O/c1-20(2,3)17-13-9-10-15(17)14-19(22)16-11-7-8-12-18(16)21(4,5)6/h7-9,11-13H,10,14H2,1-6H3. The van der Waals surface area contributed by atoms with Crippen molar-refractivity contribution in [1.82, 2.24) is 0 Å². The zero-order chi connectivity index (χ0) is 16.5. The molecule has 0 heterocycles. The lowest BCUT2D eigenvalue weighted by molar-refractivity contribution is 0.0990. The van der Waals surface area contributed by atoms with E-state index < -0.39 is 0 Å². The number of rotatable bonds is 3. The summed E-state index contributed by atoms with van der Waals surface area (Å²) in [6.45, 7) is 13.1. The van der Waals surface area contributed by atoms with Gasteiger partial charge in [0.2, 0.25) is 0 Å². The van der Waals surface area contributed by atoms with Crippen LogP contribution in [-0.2, 0) is 5.41 Å². The van der Waals surface area contributed by atoms with E-state index in [-0.39, 0.29) is 16.6 Å². The predicted molar refractivity (Wildman–Crippen MR) is 94.3 cm³/mol. The van der Waals surface area contributed by atoms with Crippen LogP contribution in [0.15, 0.2) is 47.6 Å². The minimum Gasteiger partial charge on any atom is -0.294 e. The fourth-order valence-electron chi connectivity index (χ4n) is 3.16. The van der Waals surface area contributed by atoms with Crippen LogP contribution in [0.4, 0.5) is 0 Å². The molecule has 1 nitrogen and oxygen atoms in total. The molecule has 1 aliphatic rings. The molecule has 0 bridgehead atoms. The molecule has 1 aromatic carbocycles. The van der Waals surface area contributed by atoms with Gasteiger partial charge in [-0.25, -0.2) is 0 Å². The first-order valence-corrected chi connectivity index (χ1v) is 8.12. The van der Waals surface area contributed by atoms with Gasteiger partial charge in [-0.1, -0.05) is 83.5 Å². The van der Waals surface area contributed by atoms with Crippen molar-refractivity contribution in [2.24, 2.45) is 5.41 Å². The number of hydrogen-bond acceptors (Lipinski definition) is 1. The molecule has 0 atom stereocenters. The van der Waals surface area contributed by atoms with Gasteiger partial charge in [0, 0.05) is 12.0 Å². The van der Waals surface area contributed by atoms with E-state index in [2.05, 4.69) is 59.8 Å². The first-order chi connectivity index (χ1) is 10.1. The zero-order valence-electron chi connectivity index (χ0n) is 14.8. The van der Waals surface area contributed by atoms with Gasteiger partial charge < -0.3 is 0 Å². The topological polar surface area (TPSA) is 17.1 Å². The van der Waals surface area contributed by atoms with E-state index in [1.807, 2.05) is 18.2 Å². The Morgan fingerprint density at radius 1 is 1.00 bits per heavy atom. The molecule has 0 saturated heterocycles. The molecule has 0 radical (unpaired) electrons. The van der Waals surface area contributed by atoms with Gasteiger partial charge in [0.1, 0.15) is 0 Å². The minimum atomic E-state index is -0.0125. The third-order valence-electron chi connectivity index (χ3n) is 4.25. The first kappa shape index (κ1) is 16.7. The summed E-state index contributed by atoms with van der Waals surface area (Å²) >= 11 is 0. The summed E-state index contributed by atoms with van der Waals surface area (Å²) in [4.78, 5) is 12.9. The van der Waals surface area contributed by atoms with Gasteiger partial charge in [0.15, 0.2) is 5.78 Å². The molecule has 0 saturated carbocycles. The maximum atomic E-state index is 12.9. The molecule has 0 aliphatic heterocycles. The lowest BCUT2D eigenvalue weighted by Gasteiger charge is -2.24. The van der Waals surface area contributed by atoms with Crippen LogP contribution in [0.25, 0.3) is 0 Å². The van der Waals surface area contributed by atoms with Crippen LogP contribution in [-0.4, -0.2) is 5.78 Å². The first-order valence-electron chi connectivity index (χ1n) is 8.12. The number of ketones is 1. The van der Waals surface area contributed by atoms with Gasteiger partial charge in [-0.05, 0) is 28.4 Å². The van der Waals surface area contributed by atoms with Crippen molar-refractivity contribution < 1.29 is 4.79 Å². The normalized spacial score (nSPS) is 15.5. The molecule has 118 valence electrons. The lowest BCUT2D eigenvalue weighted by Crippen LogP contribution is -2.17. The molecule has 0 aromatic heterocycles. The van der Waals surface area contributed by atoms with Gasteiger partial charge in [-0.15, -0.1) is 0 Å². The van der Waals surface area contributed by atoms with Gasteiger partial charge in [-0.3, -0.25) is 4.79 Å². The summed E-state index contributed by atoms with van der Waals surface area (Å²) in [7, 11) is 0. The molecular formula is C21H28O. The van der Waals surface area contributed by atoms with Crippen LogP contribution in [0.2, 0.25) is 0 Å². The minimum absolute atomic E-state index is 0.0125. The van der Waals surface area contributed by atoms with Crippen molar-refractivity contribution in [2.45, 2.75) is 59.8 Å². The Bertz CT molecular complexity index is 631. The Morgan fingerprint density at radius 3 is 2.23 bits per heavy atom. The fraction of sp³-hybridized carbons (Fsp3) is 0.476. The molecule has 0 fully saturated rings. The van der Waals surface area contributed by atoms with E-state index in [0.29, 0.717) is 6.42 Å². The maximum absolute atomic E-state index is 12.9. The zero-order valence-corrected chi connectivity index (χ0v) is 14.8. The molecule has 1 aliphatic carbocycles. The number of allylic oxidation sites excluding steroid dienone is 4. The monoisotopic (exact) mass is 296 g/mol. The molecule has 1 aromatic rings. The lowest BCUT2D eigenvalue weighted by atomic mass is 9.80. The van der Waals surface area contributed by atoms with E-state index in [1.165, 1.54) is 11.1 Å². The average Bonchev–Trinajstić information content (AvgIpc) is 2.86. The predicted octanol–water partition coefficient (Wildman–Crippen LogP) is 5.86. The smallest absolute Gasteiger partial charge is 0.167 e. The highest BCUT2D eigenvalue weighted by molar-refractivity contribution is 5.99. The average molecular weight is 296 g/mol. The second-order valence-electron chi connectivity index (χ2n) is 8.27. The molecule has 0 amide bonds. The van der Waals surface area contributed by atoms with Gasteiger partial charge in [0.25, 0.3) is 0 Å². The third-order valence-corrected chi connectivity index (χ3v) is 4.25. The summed E-state index contributed by atoms with van der Waals surface area (Å²) < 4.78 is 0. The Labute approximate surface area is 135 Å². The summed E-state index contributed by atoms with van der Waals surface area (Å²) in [5.74, 6) is 0.242. The Kier molecular flexibility index (Phi) is 4.47. The van der Waals surface area contributed by atoms with Crippen LogP contribution < -0.4 is 0 Å². The molecule has 0 spiro atoms. The van der Waals surface area contributed by atoms with E-state index in [4.69, 9.17) is 0 Å². The van der Waals surface area contributed by atoms with Crippen molar-refractivity contribution in [3.05, 3.63) is 58.7 Å². The van der Waals surface area contributed by atoms with E-state index in [0.717, 1.165) is 17.5 Å². The summed E-state index contributed by atoms with van der Waals surface area (Å²) in [6.07, 6.45) is 5.82. The van der Waals surface area contributed by atoms with E-state index in [9.17, 15) is 4.79 Å². The highest BCUT2D eigenvalue weighted by Gasteiger charge is 2.25. The Morgan fingerprint density at radius 2 is 1.64 bits per heavy atom. The van der Waals surface area contributed by atoms with Crippen LogP contribution >= 0.6 is 0 Å². The second-order valence-corrected chi connectivity index (χ2v) is 8.27. The Hall–Kier alpha value is -1.63. The van der Waals surface area contributed by atoms with Crippen LogP contribution in [0, 0.1) is 5.41 Å². The number of Topliss-reactive ketones (excluding diaryl/α,β-unsaturated/α-hetero) is 1. The Balaban J connectivity index is 2.32. The molecule has 0 unspecified atom stereocenters. The van der Waals surface area contributed by atoms with Gasteiger partial charge in [-0.2, -0.15) is 0 Å². The quantitative estimate of drug-likeness (QED) is 0.638. The van der Waals surface area contributed by atoms with Crippen LogP contribution in [0.3, 0.4) is 0 Å². The molecule has 0 N–H and O–H groups in total. The molecule has 1 heteroatoms.